The molecule has 4 aliphatic rings. The molecular weight excluding hydrogens is 446 g/mol. The van der Waals surface area contributed by atoms with Gasteiger partial charge in [-0.25, -0.2) is 0 Å². The Morgan fingerprint density at radius 3 is 2.56 bits per heavy atom. The van der Waals surface area contributed by atoms with E-state index in [1.54, 1.807) is 12.4 Å². The molecule has 36 heavy (non-hydrogen) atoms. The number of hydrogen-bond acceptors (Lipinski definition) is 4. The molecule has 1 aromatic rings. The zero-order chi connectivity index (χ0) is 25.7. The van der Waals surface area contributed by atoms with E-state index in [0.717, 1.165) is 55.4 Å². The standard InChI is InChI=1S/C32H49NO3/c1-21(10-15-30(2,3)35)24-8-9-25-23-6-7-27-29(34)28(36-20-22-13-18-33-19-14-22)12-17-32(27,5)26(23)11-16-31(24,25)4/h7,13-14,18-19,21,23-26,28-29,34-35H,6,8-12,15-17,20H2,1-5H3/t21-,23+,24-,25+,26+,28+,29-,31-,32-/m1/s1. The van der Waals surface area contributed by atoms with Crippen LogP contribution in [-0.4, -0.2) is 33.0 Å². The molecule has 0 unspecified atom stereocenters. The first kappa shape index (κ1) is 26.4. The van der Waals surface area contributed by atoms with E-state index < -0.39 is 11.7 Å². The summed E-state index contributed by atoms with van der Waals surface area (Å²) in [5, 5.41) is 21.7. The molecule has 3 saturated carbocycles. The summed E-state index contributed by atoms with van der Waals surface area (Å²) in [5.41, 5.74) is 2.34. The summed E-state index contributed by atoms with van der Waals surface area (Å²) >= 11 is 0. The maximum atomic E-state index is 11.4. The Labute approximate surface area is 218 Å². The first-order chi connectivity index (χ1) is 17.0. The van der Waals surface area contributed by atoms with Crippen molar-refractivity contribution in [1.82, 2.24) is 4.98 Å². The third kappa shape index (κ3) is 4.71. The Balaban J connectivity index is 1.29. The van der Waals surface area contributed by atoms with Crippen LogP contribution in [0.1, 0.15) is 98.0 Å². The molecule has 0 aromatic carbocycles. The molecule has 200 valence electrons. The molecule has 2 N–H and O–H groups in total. The van der Waals surface area contributed by atoms with Gasteiger partial charge in [0, 0.05) is 12.4 Å². The van der Waals surface area contributed by atoms with Crippen LogP contribution in [0.15, 0.2) is 36.2 Å². The Hall–Kier alpha value is -1.23. The Kier molecular flexibility index (Phi) is 7.20. The van der Waals surface area contributed by atoms with Crippen molar-refractivity contribution < 1.29 is 14.9 Å². The van der Waals surface area contributed by atoms with Gasteiger partial charge in [-0.1, -0.05) is 26.8 Å². The summed E-state index contributed by atoms with van der Waals surface area (Å²) in [5.74, 6) is 3.65. The van der Waals surface area contributed by atoms with E-state index in [2.05, 4.69) is 31.8 Å². The van der Waals surface area contributed by atoms with Gasteiger partial charge in [-0.15, -0.1) is 0 Å². The lowest BCUT2D eigenvalue weighted by molar-refractivity contribution is -0.101. The largest absolute Gasteiger partial charge is 0.390 e. The van der Waals surface area contributed by atoms with Crippen molar-refractivity contribution in [2.45, 2.75) is 117 Å². The second-order valence-electron chi connectivity index (χ2n) is 13.9. The van der Waals surface area contributed by atoms with Gasteiger partial charge in [-0.3, -0.25) is 4.98 Å². The van der Waals surface area contributed by atoms with Crippen molar-refractivity contribution in [3.63, 3.8) is 0 Å². The highest BCUT2D eigenvalue weighted by atomic mass is 16.5. The average molecular weight is 496 g/mol. The summed E-state index contributed by atoms with van der Waals surface area (Å²) in [6.45, 7) is 11.9. The van der Waals surface area contributed by atoms with Gasteiger partial charge >= 0.3 is 0 Å². The van der Waals surface area contributed by atoms with Crippen LogP contribution in [0.25, 0.3) is 0 Å². The van der Waals surface area contributed by atoms with Gasteiger partial charge in [0.1, 0.15) is 6.10 Å². The van der Waals surface area contributed by atoms with Gasteiger partial charge in [0.2, 0.25) is 0 Å². The number of allylic oxidation sites excluding steroid dienone is 1. The van der Waals surface area contributed by atoms with Gasteiger partial charge in [-0.2, -0.15) is 0 Å². The smallest absolute Gasteiger partial charge is 0.102 e. The maximum absolute atomic E-state index is 11.4. The monoisotopic (exact) mass is 495 g/mol. The predicted octanol–water partition coefficient (Wildman–Crippen LogP) is 6.70. The van der Waals surface area contributed by atoms with Crippen molar-refractivity contribution in [3.8, 4) is 0 Å². The van der Waals surface area contributed by atoms with Crippen molar-refractivity contribution in [3.05, 3.63) is 41.7 Å². The minimum Gasteiger partial charge on any atom is -0.390 e. The van der Waals surface area contributed by atoms with Crippen LogP contribution in [0.4, 0.5) is 0 Å². The third-order valence-corrected chi connectivity index (χ3v) is 11.3. The Morgan fingerprint density at radius 2 is 1.83 bits per heavy atom. The number of pyridine rings is 1. The molecule has 4 aliphatic carbocycles. The van der Waals surface area contributed by atoms with Crippen LogP contribution in [-0.2, 0) is 11.3 Å². The molecule has 0 amide bonds. The zero-order valence-corrected chi connectivity index (χ0v) is 23.2. The predicted molar refractivity (Wildman–Crippen MR) is 144 cm³/mol. The molecular formula is C32H49NO3. The number of rotatable bonds is 7. The van der Waals surface area contributed by atoms with Crippen LogP contribution in [0.3, 0.4) is 0 Å². The second kappa shape index (κ2) is 9.82. The number of aliphatic hydroxyl groups is 2. The summed E-state index contributed by atoms with van der Waals surface area (Å²) < 4.78 is 6.25. The molecule has 0 aliphatic heterocycles. The molecule has 4 nitrogen and oxygen atoms in total. The summed E-state index contributed by atoms with van der Waals surface area (Å²) in [4.78, 5) is 4.09. The van der Waals surface area contributed by atoms with Crippen molar-refractivity contribution in [2.24, 2.45) is 40.4 Å². The zero-order valence-electron chi connectivity index (χ0n) is 23.2. The van der Waals surface area contributed by atoms with E-state index in [1.165, 1.54) is 31.3 Å². The van der Waals surface area contributed by atoms with Crippen LogP contribution >= 0.6 is 0 Å². The molecule has 0 bridgehead atoms. The Morgan fingerprint density at radius 1 is 1.08 bits per heavy atom. The fourth-order valence-corrected chi connectivity index (χ4v) is 9.32. The number of ether oxygens (including phenoxy) is 1. The highest BCUT2D eigenvalue weighted by Gasteiger charge is 2.60. The van der Waals surface area contributed by atoms with E-state index in [-0.39, 0.29) is 11.5 Å². The van der Waals surface area contributed by atoms with E-state index in [0.29, 0.717) is 23.9 Å². The summed E-state index contributed by atoms with van der Waals surface area (Å²) in [6.07, 6.45) is 15.9. The third-order valence-electron chi connectivity index (χ3n) is 11.3. The molecule has 9 atom stereocenters. The fraction of sp³-hybridized carbons (Fsp3) is 0.781. The first-order valence-electron chi connectivity index (χ1n) is 14.6. The minimum absolute atomic E-state index is 0.102. The number of fused-ring (bicyclic) bond motifs is 5. The molecule has 0 radical (unpaired) electrons. The normalized spacial score (nSPS) is 41.1. The summed E-state index contributed by atoms with van der Waals surface area (Å²) in [6, 6.07) is 3.98. The first-order valence-corrected chi connectivity index (χ1v) is 14.6. The topological polar surface area (TPSA) is 62.6 Å². The van der Waals surface area contributed by atoms with Crippen molar-refractivity contribution >= 4 is 0 Å². The molecule has 4 heteroatoms. The average Bonchev–Trinajstić information content (AvgIpc) is 3.19. The number of aliphatic hydroxyl groups excluding tert-OH is 1. The quantitative estimate of drug-likeness (QED) is 0.413. The van der Waals surface area contributed by atoms with Crippen molar-refractivity contribution in [1.29, 1.82) is 0 Å². The van der Waals surface area contributed by atoms with Crippen LogP contribution in [0, 0.1) is 40.4 Å². The lowest BCUT2D eigenvalue weighted by Gasteiger charge is -2.59. The summed E-state index contributed by atoms with van der Waals surface area (Å²) in [7, 11) is 0. The SMILES string of the molecule is C[C@H](CCC(C)(C)O)[C@H]1CC[C@H]2[C@@H]3CC=C4[C@@H](O)[C@@H](OCc5ccncc5)CC[C@]4(C)[C@H]3CC[C@]12C. The molecule has 5 rings (SSSR count). The van der Waals surface area contributed by atoms with Gasteiger partial charge in [0.05, 0.1) is 18.3 Å². The van der Waals surface area contributed by atoms with E-state index in [9.17, 15) is 10.2 Å². The van der Waals surface area contributed by atoms with Crippen LogP contribution in [0.5, 0.6) is 0 Å². The fourth-order valence-electron chi connectivity index (χ4n) is 9.32. The molecule has 1 aromatic heterocycles. The maximum Gasteiger partial charge on any atom is 0.102 e. The lowest BCUT2D eigenvalue weighted by Crippen LogP contribution is -2.54. The molecule has 1 heterocycles. The Bertz CT molecular complexity index is 938. The lowest BCUT2D eigenvalue weighted by atomic mass is 9.46. The highest BCUT2D eigenvalue weighted by Crippen LogP contribution is 2.67. The number of hydrogen-bond donors (Lipinski definition) is 2. The van der Waals surface area contributed by atoms with Gasteiger partial charge in [0.25, 0.3) is 0 Å². The highest BCUT2D eigenvalue weighted by molar-refractivity contribution is 5.29. The van der Waals surface area contributed by atoms with E-state index >= 15 is 0 Å². The van der Waals surface area contributed by atoms with Gasteiger partial charge in [0.15, 0.2) is 0 Å². The molecule has 0 spiro atoms. The number of aromatic nitrogens is 1. The van der Waals surface area contributed by atoms with Gasteiger partial charge < -0.3 is 14.9 Å². The van der Waals surface area contributed by atoms with Gasteiger partial charge in [-0.05, 0) is 135 Å². The number of nitrogens with zero attached hydrogens (tertiary/aromatic N) is 1. The van der Waals surface area contributed by atoms with Crippen LogP contribution in [0.2, 0.25) is 0 Å². The minimum atomic E-state index is -0.564. The van der Waals surface area contributed by atoms with E-state index in [4.69, 9.17) is 4.74 Å². The van der Waals surface area contributed by atoms with Crippen LogP contribution < -0.4 is 0 Å². The van der Waals surface area contributed by atoms with Crippen molar-refractivity contribution in [2.75, 3.05) is 0 Å². The molecule has 3 fully saturated rings. The second-order valence-corrected chi connectivity index (χ2v) is 13.9. The van der Waals surface area contributed by atoms with E-state index in [1.807, 2.05) is 26.0 Å². The molecule has 0 saturated heterocycles.